The molecule has 2 aromatic rings. The highest BCUT2D eigenvalue weighted by Gasteiger charge is 2.10. The molecule has 0 aromatic heterocycles. The van der Waals surface area contributed by atoms with Gasteiger partial charge in [-0.05, 0) is 36.4 Å². The second-order valence-electron chi connectivity index (χ2n) is 4.47. The summed E-state index contributed by atoms with van der Waals surface area (Å²) in [5, 5.41) is 4.49. The number of nitrogens with one attached hydrogen (secondary N) is 1. The van der Waals surface area contributed by atoms with E-state index in [9.17, 15) is 8.42 Å². The van der Waals surface area contributed by atoms with Crippen LogP contribution in [0.2, 0.25) is 15.1 Å². The van der Waals surface area contributed by atoms with Gasteiger partial charge < -0.3 is 5.32 Å². The zero-order valence-corrected chi connectivity index (χ0v) is 14.1. The number of benzene rings is 2. The topological polar surface area (TPSA) is 46.2 Å². The Morgan fingerprint density at radius 2 is 1.52 bits per heavy atom. The van der Waals surface area contributed by atoms with Crippen molar-refractivity contribution in [3.8, 4) is 0 Å². The predicted octanol–water partition coefficient (Wildman–Crippen LogP) is 4.66. The quantitative estimate of drug-likeness (QED) is 0.802. The molecule has 0 aliphatic heterocycles. The molecule has 0 spiro atoms. The lowest BCUT2D eigenvalue weighted by molar-refractivity contribution is 0.602. The summed E-state index contributed by atoms with van der Waals surface area (Å²) in [6, 6.07) is 9.76. The van der Waals surface area contributed by atoms with E-state index in [4.69, 9.17) is 34.8 Å². The van der Waals surface area contributed by atoms with Crippen molar-refractivity contribution in [2.75, 3.05) is 11.6 Å². The SMILES string of the molecule is CS(=O)(=O)c1ccc(NCc2c(Cl)ccc(Cl)c2Cl)cc1. The van der Waals surface area contributed by atoms with Gasteiger partial charge in [-0.15, -0.1) is 0 Å². The highest BCUT2D eigenvalue weighted by atomic mass is 35.5. The Morgan fingerprint density at radius 3 is 2.10 bits per heavy atom. The molecule has 3 nitrogen and oxygen atoms in total. The fourth-order valence-electron chi connectivity index (χ4n) is 1.74. The molecule has 1 N–H and O–H groups in total. The summed E-state index contributed by atoms with van der Waals surface area (Å²) < 4.78 is 22.8. The lowest BCUT2D eigenvalue weighted by Crippen LogP contribution is -2.02. The van der Waals surface area contributed by atoms with E-state index in [1.807, 2.05) is 0 Å². The third kappa shape index (κ3) is 4.04. The first-order valence-corrected chi connectivity index (χ1v) is 8.98. The number of sulfone groups is 1. The van der Waals surface area contributed by atoms with Crippen LogP contribution in [0.25, 0.3) is 0 Å². The summed E-state index contributed by atoms with van der Waals surface area (Å²) in [5.41, 5.74) is 1.45. The average molecular weight is 365 g/mol. The molecule has 2 rings (SSSR count). The second-order valence-corrected chi connectivity index (χ2v) is 7.68. The van der Waals surface area contributed by atoms with Crippen LogP contribution < -0.4 is 5.32 Å². The van der Waals surface area contributed by atoms with Crippen LogP contribution in [-0.4, -0.2) is 14.7 Å². The lowest BCUT2D eigenvalue weighted by Gasteiger charge is -2.11. The number of hydrogen-bond donors (Lipinski definition) is 1. The van der Waals surface area contributed by atoms with E-state index in [-0.39, 0.29) is 4.90 Å². The van der Waals surface area contributed by atoms with Crippen molar-refractivity contribution < 1.29 is 8.42 Å². The monoisotopic (exact) mass is 363 g/mol. The Labute approximate surface area is 138 Å². The van der Waals surface area contributed by atoms with Crippen molar-refractivity contribution in [2.45, 2.75) is 11.4 Å². The summed E-state index contributed by atoms with van der Waals surface area (Å²) >= 11 is 18.2. The van der Waals surface area contributed by atoms with Gasteiger partial charge in [0.15, 0.2) is 9.84 Å². The standard InChI is InChI=1S/C14H12Cl3NO2S/c1-21(19,20)10-4-2-9(3-5-10)18-8-11-12(15)6-7-13(16)14(11)17/h2-7,18H,8H2,1H3. The molecule has 0 radical (unpaired) electrons. The summed E-state index contributed by atoms with van der Waals surface area (Å²) in [7, 11) is -3.19. The minimum atomic E-state index is -3.19. The smallest absolute Gasteiger partial charge is 0.175 e. The van der Waals surface area contributed by atoms with E-state index in [1.165, 1.54) is 6.26 Å². The third-order valence-corrected chi connectivity index (χ3v) is 5.22. The first-order valence-electron chi connectivity index (χ1n) is 5.95. The van der Waals surface area contributed by atoms with Crippen LogP contribution in [0.5, 0.6) is 0 Å². The van der Waals surface area contributed by atoms with Gasteiger partial charge in [0.25, 0.3) is 0 Å². The molecule has 2 aromatic carbocycles. The molecule has 0 fully saturated rings. The molecule has 0 aliphatic carbocycles. The van der Waals surface area contributed by atoms with Gasteiger partial charge in [-0.25, -0.2) is 8.42 Å². The van der Waals surface area contributed by atoms with Crippen molar-refractivity contribution in [2.24, 2.45) is 0 Å². The van der Waals surface area contributed by atoms with E-state index in [2.05, 4.69) is 5.32 Å². The summed E-state index contributed by atoms with van der Waals surface area (Å²) in [4.78, 5) is 0.270. The van der Waals surface area contributed by atoms with Crippen molar-refractivity contribution in [3.05, 3.63) is 57.0 Å². The van der Waals surface area contributed by atoms with Crippen LogP contribution in [-0.2, 0) is 16.4 Å². The molecule has 0 saturated carbocycles. The third-order valence-electron chi connectivity index (χ3n) is 2.89. The Kier molecular flexibility index (Phi) is 5.04. The first kappa shape index (κ1) is 16.4. The molecule has 0 aliphatic rings. The Hall–Kier alpha value is -0.940. The number of halogens is 3. The maximum absolute atomic E-state index is 11.4. The van der Waals surface area contributed by atoms with Gasteiger partial charge in [0.2, 0.25) is 0 Å². The van der Waals surface area contributed by atoms with Gasteiger partial charge in [-0.3, -0.25) is 0 Å². The van der Waals surface area contributed by atoms with Crippen LogP contribution in [0.1, 0.15) is 5.56 Å². The van der Waals surface area contributed by atoms with Crippen LogP contribution in [0.4, 0.5) is 5.69 Å². The Morgan fingerprint density at radius 1 is 0.952 bits per heavy atom. The molecule has 0 bridgehead atoms. The lowest BCUT2D eigenvalue weighted by atomic mass is 10.2. The minimum Gasteiger partial charge on any atom is -0.381 e. The average Bonchev–Trinajstić information content (AvgIpc) is 2.43. The van der Waals surface area contributed by atoms with Gasteiger partial charge in [0, 0.05) is 29.1 Å². The highest BCUT2D eigenvalue weighted by molar-refractivity contribution is 7.90. The van der Waals surface area contributed by atoms with Crippen molar-refractivity contribution in [1.29, 1.82) is 0 Å². The highest BCUT2D eigenvalue weighted by Crippen LogP contribution is 2.31. The molecule has 0 atom stereocenters. The molecular formula is C14H12Cl3NO2S. The van der Waals surface area contributed by atoms with E-state index in [0.29, 0.717) is 27.2 Å². The number of anilines is 1. The Bertz CT molecular complexity index is 759. The summed E-state index contributed by atoms with van der Waals surface area (Å²) in [6.45, 7) is 0.385. The van der Waals surface area contributed by atoms with E-state index < -0.39 is 9.84 Å². The van der Waals surface area contributed by atoms with Crippen molar-refractivity contribution in [1.82, 2.24) is 0 Å². The molecule has 7 heteroatoms. The summed E-state index contributed by atoms with van der Waals surface area (Å²) in [6.07, 6.45) is 1.17. The van der Waals surface area contributed by atoms with Crippen molar-refractivity contribution in [3.63, 3.8) is 0 Å². The zero-order chi connectivity index (χ0) is 15.6. The maximum atomic E-state index is 11.4. The van der Waals surface area contributed by atoms with Gasteiger partial charge in [-0.2, -0.15) is 0 Å². The normalized spacial score (nSPS) is 11.4. The van der Waals surface area contributed by atoms with E-state index in [0.717, 1.165) is 5.69 Å². The van der Waals surface area contributed by atoms with Gasteiger partial charge in [0.1, 0.15) is 0 Å². The Balaban J connectivity index is 2.16. The zero-order valence-electron chi connectivity index (χ0n) is 11.0. The summed E-state index contributed by atoms with van der Waals surface area (Å²) in [5.74, 6) is 0. The molecule has 21 heavy (non-hydrogen) atoms. The van der Waals surface area contributed by atoms with Crippen LogP contribution in [0.15, 0.2) is 41.3 Å². The van der Waals surface area contributed by atoms with E-state index in [1.54, 1.807) is 36.4 Å². The van der Waals surface area contributed by atoms with Gasteiger partial charge in [-0.1, -0.05) is 34.8 Å². The number of hydrogen-bond acceptors (Lipinski definition) is 3. The number of rotatable bonds is 4. The largest absolute Gasteiger partial charge is 0.381 e. The molecule has 112 valence electrons. The second kappa shape index (κ2) is 6.44. The van der Waals surface area contributed by atoms with E-state index >= 15 is 0 Å². The van der Waals surface area contributed by atoms with Crippen LogP contribution >= 0.6 is 34.8 Å². The molecule has 0 amide bonds. The van der Waals surface area contributed by atoms with Gasteiger partial charge >= 0.3 is 0 Å². The van der Waals surface area contributed by atoms with Gasteiger partial charge in [0.05, 0.1) is 14.9 Å². The van der Waals surface area contributed by atoms with Crippen LogP contribution in [0, 0.1) is 0 Å². The van der Waals surface area contributed by atoms with Crippen LogP contribution in [0.3, 0.4) is 0 Å². The maximum Gasteiger partial charge on any atom is 0.175 e. The molecular weight excluding hydrogens is 353 g/mol. The molecule has 0 heterocycles. The van der Waals surface area contributed by atoms with Crippen molar-refractivity contribution >= 4 is 50.3 Å². The molecule has 0 saturated heterocycles. The predicted molar refractivity (Wildman–Crippen MR) is 88.4 cm³/mol. The first-order chi connectivity index (χ1) is 9.79. The fraction of sp³-hybridized carbons (Fsp3) is 0.143. The minimum absolute atomic E-state index is 0.270. The fourth-order valence-corrected chi connectivity index (χ4v) is 3.05. The molecule has 0 unspecified atom stereocenters.